The number of carbonyl (C=O) groups excluding carboxylic acids is 1. The van der Waals surface area contributed by atoms with Crippen LogP contribution in [0.2, 0.25) is 0 Å². The smallest absolute Gasteiger partial charge is 0.351 e. The number of fused-ring (bicyclic) bond motifs is 1. The fourth-order valence-electron chi connectivity index (χ4n) is 2.08. The summed E-state index contributed by atoms with van der Waals surface area (Å²) in [5.41, 5.74) is -0.845. The second-order valence-corrected chi connectivity index (χ2v) is 4.99. The Kier molecular flexibility index (Phi) is 4.87. The average Bonchev–Trinajstić information content (AvgIpc) is 2.84. The molecule has 1 amide bonds. The van der Waals surface area contributed by atoms with Gasteiger partial charge in [-0.05, 0) is 25.5 Å². The first kappa shape index (κ1) is 17.5. The van der Waals surface area contributed by atoms with Crippen LogP contribution in [0.25, 0.3) is 11.7 Å². The summed E-state index contributed by atoms with van der Waals surface area (Å²) in [5, 5.41) is 15.5. The van der Waals surface area contributed by atoms with Gasteiger partial charge in [0.25, 0.3) is 5.91 Å². The maximum Gasteiger partial charge on any atom is 0.433 e. The number of nitrogens with one attached hydrogen (secondary N) is 1. The van der Waals surface area contributed by atoms with E-state index in [0.29, 0.717) is 17.5 Å². The first-order valence-corrected chi connectivity index (χ1v) is 7.11. The fraction of sp³-hybridized carbons (Fsp3) is 0.333. The van der Waals surface area contributed by atoms with Crippen molar-refractivity contribution in [2.45, 2.75) is 26.4 Å². The number of nitrogens with zero attached hydrogens (tertiary/aromatic N) is 4. The van der Waals surface area contributed by atoms with Gasteiger partial charge < -0.3 is 5.32 Å². The lowest BCUT2D eigenvalue weighted by atomic mass is 10.1. The van der Waals surface area contributed by atoms with Crippen molar-refractivity contribution in [2.75, 3.05) is 6.54 Å². The quantitative estimate of drug-likeness (QED) is 0.686. The Hall–Kier alpha value is -2.89. The average molecular weight is 337 g/mol. The summed E-state index contributed by atoms with van der Waals surface area (Å²) in [6, 6.07) is 2.56. The van der Waals surface area contributed by atoms with E-state index in [9.17, 15) is 18.0 Å². The van der Waals surface area contributed by atoms with Crippen molar-refractivity contribution >= 4 is 17.6 Å². The van der Waals surface area contributed by atoms with Crippen LogP contribution >= 0.6 is 0 Å². The van der Waals surface area contributed by atoms with Gasteiger partial charge in [-0.15, -0.1) is 0 Å². The minimum Gasteiger partial charge on any atom is -0.351 e. The van der Waals surface area contributed by atoms with Crippen molar-refractivity contribution in [2.24, 2.45) is 0 Å². The molecule has 2 heterocycles. The number of aromatic nitrogens is 3. The third-order valence-electron chi connectivity index (χ3n) is 3.22. The number of alkyl halides is 3. The highest BCUT2D eigenvalue weighted by atomic mass is 19.4. The van der Waals surface area contributed by atoms with Gasteiger partial charge in [-0.2, -0.15) is 23.5 Å². The zero-order valence-electron chi connectivity index (χ0n) is 13.0. The third-order valence-corrected chi connectivity index (χ3v) is 3.22. The summed E-state index contributed by atoms with van der Waals surface area (Å²) in [5.74, 6) is -0.593. The summed E-state index contributed by atoms with van der Waals surface area (Å²) >= 11 is 0. The fourth-order valence-corrected chi connectivity index (χ4v) is 2.08. The molecule has 9 heteroatoms. The van der Waals surface area contributed by atoms with Gasteiger partial charge in [-0.1, -0.05) is 6.92 Å². The molecule has 0 fully saturated rings. The third kappa shape index (κ3) is 3.37. The van der Waals surface area contributed by atoms with Crippen LogP contribution in [0.15, 0.2) is 17.8 Å². The normalized spacial score (nSPS) is 12.2. The van der Waals surface area contributed by atoms with Gasteiger partial charge in [0.1, 0.15) is 17.3 Å². The van der Waals surface area contributed by atoms with E-state index in [1.54, 1.807) is 6.07 Å². The molecule has 0 atom stereocenters. The van der Waals surface area contributed by atoms with E-state index in [0.717, 1.165) is 12.3 Å². The monoisotopic (exact) mass is 337 g/mol. The van der Waals surface area contributed by atoms with Gasteiger partial charge in [0.2, 0.25) is 0 Å². The first-order valence-electron chi connectivity index (χ1n) is 7.11. The van der Waals surface area contributed by atoms with E-state index < -0.39 is 17.8 Å². The molecule has 0 saturated carbocycles. The lowest BCUT2D eigenvalue weighted by molar-refractivity contribution is -0.142. The summed E-state index contributed by atoms with van der Waals surface area (Å²) in [6.45, 7) is 3.73. The van der Waals surface area contributed by atoms with Crippen LogP contribution in [0.3, 0.4) is 0 Å². The van der Waals surface area contributed by atoms with Crippen LogP contribution in [-0.4, -0.2) is 27.0 Å². The van der Waals surface area contributed by atoms with Gasteiger partial charge in [-0.3, -0.25) is 4.79 Å². The van der Waals surface area contributed by atoms with Gasteiger partial charge in [0.05, 0.1) is 5.69 Å². The molecule has 2 aromatic heterocycles. The van der Waals surface area contributed by atoms with Crippen molar-refractivity contribution < 1.29 is 18.0 Å². The number of aryl methyl sites for hydroxylation is 1. The van der Waals surface area contributed by atoms with Crippen LogP contribution in [0.1, 0.15) is 30.3 Å². The Labute approximate surface area is 135 Å². The number of halogens is 3. The minimum atomic E-state index is -4.60. The SMILES string of the molecule is CCCNC(=O)/C(C#N)=C/c1c(C)nn2c(C(F)(F)F)ccnc12. The van der Waals surface area contributed by atoms with Crippen molar-refractivity contribution in [3.05, 3.63) is 34.8 Å². The topological polar surface area (TPSA) is 83.1 Å². The molecule has 0 aromatic carbocycles. The molecular formula is C15H14F3N5O. The van der Waals surface area contributed by atoms with E-state index in [1.165, 1.54) is 13.0 Å². The van der Waals surface area contributed by atoms with Crippen molar-refractivity contribution in [3.8, 4) is 6.07 Å². The number of carbonyl (C=O) groups is 1. The maximum absolute atomic E-state index is 13.0. The predicted molar refractivity (Wildman–Crippen MR) is 79.6 cm³/mol. The highest BCUT2D eigenvalue weighted by molar-refractivity contribution is 6.02. The molecule has 6 nitrogen and oxygen atoms in total. The van der Waals surface area contributed by atoms with Gasteiger partial charge >= 0.3 is 6.18 Å². The molecule has 0 unspecified atom stereocenters. The Morgan fingerprint density at radius 2 is 2.21 bits per heavy atom. The molecule has 1 N–H and O–H groups in total. The van der Waals surface area contributed by atoms with E-state index >= 15 is 0 Å². The molecule has 24 heavy (non-hydrogen) atoms. The Morgan fingerprint density at radius 3 is 2.79 bits per heavy atom. The highest BCUT2D eigenvalue weighted by Gasteiger charge is 2.34. The lowest BCUT2D eigenvalue weighted by Crippen LogP contribution is -2.25. The number of nitriles is 1. The Bertz CT molecular complexity index is 845. The summed E-state index contributed by atoms with van der Waals surface area (Å²) < 4.78 is 39.8. The van der Waals surface area contributed by atoms with Crippen LogP contribution < -0.4 is 5.32 Å². The molecule has 0 saturated heterocycles. The number of amides is 1. The summed E-state index contributed by atoms with van der Waals surface area (Å²) in [6.07, 6.45) is -1.69. The zero-order valence-corrected chi connectivity index (χ0v) is 13.0. The number of hydrogen-bond acceptors (Lipinski definition) is 4. The standard InChI is InChI=1S/C15H14F3N5O/c1-3-5-21-14(24)10(8-19)7-11-9(2)22-23-12(15(16,17)18)4-6-20-13(11)23/h4,6-7H,3,5H2,1-2H3,(H,21,24)/b10-7+. The predicted octanol–water partition coefficient (Wildman–Crippen LogP) is 2.49. The Morgan fingerprint density at radius 1 is 1.50 bits per heavy atom. The largest absolute Gasteiger partial charge is 0.433 e. The molecule has 2 rings (SSSR count). The van der Waals surface area contributed by atoms with Crippen LogP contribution in [0.5, 0.6) is 0 Å². The van der Waals surface area contributed by atoms with Gasteiger partial charge in [0, 0.05) is 18.3 Å². The molecule has 126 valence electrons. The zero-order chi connectivity index (χ0) is 17.9. The second kappa shape index (κ2) is 6.70. The van der Waals surface area contributed by atoms with E-state index in [2.05, 4.69) is 15.4 Å². The Balaban J connectivity index is 2.57. The van der Waals surface area contributed by atoms with Crippen LogP contribution in [-0.2, 0) is 11.0 Å². The molecule has 0 spiro atoms. The summed E-state index contributed by atoms with van der Waals surface area (Å²) in [4.78, 5) is 15.8. The second-order valence-electron chi connectivity index (χ2n) is 4.99. The van der Waals surface area contributed by atoms with Crippen molar-refractivity contribution in [3.63, 3.8) is 0 Å². The van der Waals surface area contributed by atoms with Crippen LogP contribution in [0.4, 0.5) is 13.2 Å². The van der Waals surface area contributed by atoms with Crippen molar-refractivity contribution in [1.82, 2.24) is 19.9 Å². The van der Waals surface area contributed by atoms with E-state index in [1.807, 2.05) is 6.92 Å². The molecule has 0 aliphatic heterocycles. The molecular weight excluding hydrogens is 323 g/mol. The summed E-state index contributed by atoms with van der Waals surface area (Å²) in [7, 11) is 0. The first-order chi connectivity index (χ1) is 11.3. The van der Waals surface area contributed by atoms with Gasteiger partial charge in [0.15, 0.2) is 5.65 Å². The lowest BCUT2D eigenvalue weighted by Gasteiger charge is -2.07. The minimum absolute atomic E-state index is 0.0710. The van der Waals surface area contributed by atoms with E-state index in [-0.39, 0.29) is 22.5 Å². The molecule has 0 radical (unpaired) electrons. The maximum atomic E-state index is 13.0. The number of hydrogen-bond donors (Lipinski definition) is 1. The van der Waals surface area contributed by atoms with E-state index in [4.69, 9.17) is 5.26 Å². The molecule has 0 bridgehead atoms. The molecule has 0 aliphatic carbocycles. The highest BCUT2D eigenvalue weighted by Crippen LogP contribution is 2.30. The van der Waals surface area contributed by atoms with Crippen LogP contribution in [0, 0.1) is 18.3 Å². The van der Waals surface area contributed by atoms with Crippen molar-refractivity contribution in [1.29, 1.82) is 5.26 Å². The molecule has 2 aromatic rings. The molecule has 0 aliphatic rings. The number of rotatable bonds is 4. The van der Waals surface area contributed by atoms with Gasteiger partial charge in [-0.25, -0.2) is 9.50 Å².